The van der Waals surface area contributed by atoms with Crippen LogP contribution < -0.4 is 5.73 Å². The second kappa shape index (κ2) is 5.74. The summed E-state index contributed by atoms with van der Waals surface area (Å²) in [7, 11) is 0. The molecular formula is C15H18N2OS2. The van der Waals surface area contributed by atoms with Gasteiger partial charge in [-0.1, -0.05) is 30.4 Å². The van der Waals surface area contributed by atoms with Crippen molar-refractivity contribution in [3.05, 3.63) is 29.8 Å². The minimum Gasteiger partial charge on any atom is -0.393 e. The van der Waals surface area contributed by atoms with E-state index in [1.807, 2.05) is 17.0 Å². The zero-order chi connectivity index (χ0) is 14.1. The molecule has 1 amide bonds. The van der Waals surface area contributed by atoms with Crippen LogP contribution in [0.2, 0.25) is 0 Å². The first-order valence-electron chi connectivity index (χ1n) is 6.97. The number of nitrogens with zero attached hydrogens (tertiary/aromatic N) is 1. The van der Waals surface area contributed by atoms with Crippen LogP contribution in [-0.2, 0) is 4.79 Å². The van der Waals surface area contributed by atoms with Gasteiger partial charge in [-0.2, -0.15) is 0 Å². The molecule has 20 heavy (non-hydrogen) atoms. The number of rotatable bonds is 5. The van der Waals surface area contributed by atoms with Crippen LogP contribution in [0.4, 0.5) is 0 Å². The van der Waals surface area contributed by atoms with E-state index in [9.17, 15) is 4.79 Å². The number of amides is 1. The van der Waals surface area contributed by atoms with E-state index in [2.05, 4.69) is 12.1 Å². The number of fused-ring (bicyclic) bond motifs is 1. The molecule has 0 saturated heterocycles. The highest BCUT2D eigenvalue weighted by atomic mass is 32.2. The summed E-state index contributed by atoms with van der Waals surface area (Å²) in [6.07, 6.45) is 2.86. The monoisotopic (exact) mass is 306 g/mol. The molecule has 0 radical (unpaired) electrons. The smallest absolute Gasteiger partial charge is 0.231 e. The Morgan fingerprint density at radius 1 is 1.40 bits per heavy atom. The Balaban J connectivity index is 1.75. The molecule has 1 unspecified atom stereocenters. The van der Waals surface area contributed by atoms with Crippen molar-refractivity contribution in [1.29, 1.82) is 0 Å². The van der Waals surface area contributed by atoms with Crippen molar-refractivity contribution in [1.82, 2.24) is 4.90 Å². The minimum absolute atomic E-state index is 0.00291. The second-order valence-corrected chi connectivity index (χ2v) is 6.97. The van der Waals surface area contributed by atoms with Crippen molar-refractivity contribution in [3.63, 3.8) is 0 Å². The van der Waals surface area contributed by atoms with E-state index < -0.39 is 0 Å². The van der Waals surface area contributed by atoms with Crippen LogP contribution in [0.1, 0.15) is 30.7 Å². The third-order valence-electron chi connectivity index (χ3n) is 3.87. The SMILES string of the molecule is NC(=S)CCN(C(=O)C1CSc2ccccc21)C1CC1. The Morgan fingerprint density at radius 3 is 2.85 bits per heavy atom. The molecule has 1 fully saturated rings. The van der Waals surface area contributed by atoms with Gasteiger partial charge in [0.05, 0.1) is 10.9 Å². The summed E-state index contributed by atoms with van der Waals surface area (Å²) in [5.41, 5.74) is 6.76. The van der Waals surface area contributed by atoms with Gasteiger partial charge in [0.25, 0.3) is 0 Å². The van der Waals surface area contributed by atoms with Crippen LogP contribution >= 0.6 is 24.0 Å². The molecule has 0 spiro atoms. The Kier molecular flexibility index (Phi) is 3.98. The maximum Gasteiger partial charge on any atom is 0.231 e. The van der Waals surface area contributed by atoms with E-state index in [1.54, 1.807) is 11.8 Å². The molecule has 2 N–H and O–H groups in total. The molecule has 2 aliphatic rings. The van der Waals surface area contributed by atoms with Crippen LogP contribution in [-0.4, -0.2) is 34.1 Å². The average Bonchev–Trinajstić information content (AvgIpc) is 3.17. The summed E-state index contributed by atoms with van der Waals surface area (Å²) >= 11 is 6.72. The van der Waals surface area contributed by atoms with Gasteiger partial charge >= 0.3 is 0 Å². The van der Waals surface area contributed by atoms with Crippen molar-refractivity contribution in [2.24, 2.45) is 5.73 Å². The van der Waals surface area contributed by atoms with Crippen LogP contribution in [0.15, 0.2) is 29.2 Å². The summed E-state index contributed by atoms with van der Waals surface area (Å²) in [6.45, 7) is 0.669. The fraction of sp³-hybridized carbons (Fsp3) is 0.467. The van der Waals surface area contributed by atoms with Crippen molar-refractivity contribution in [2.45, 2.75) is 36.1 Å². The predicted molar refractivity (Wildman–Crippen MR) is 86.0 cm³/mol. The average molecular weight is 306 g/mol. The van der Waals surface area contributed by atoms with Gasteiger partial charge in [0.1, 0.15) is 0 Å². The summed E-state index contributed by atoms with van der Waals surface area (Å²) < 4.78 is 0. The molecule has 1 aliphatic heterocycles. The standard InChI is InChI=1S/C15H18N2OS2/c16-14(19)7-8-17(10-5-6-10)15(18)12-9-20-13-4-2-1-3-11(12)13/h1-4,10,12H,5-9H2,(H2,16,19). The number of nitrogens with two attached hydrogens (primary N) is 1. The van der Waals surface area contributed by atoms with Gasteiger partial charge in [-0.05, 0) is 24.5 Å². The molecule has 1 saturated carbocycles. The lowest BCUT2D eigenvalue weighted by molar-refractivity contribution is -0.132. The number of carbonyl (C=O) groups is 1. The molecule has 3 rings (SSSR count). The molecule has 1 aliphatic carbocycles. The fourth-order valence-electron chi connectivity index (χ4n) is 2.66. The highest BCUT2D eigenvalue weighted by molar-refractivity contribution is 7.99. The topological polar surface area (TPSA) is 46.3 Å². The van der Waals surface area contributed by atoms with Crippen molar-refractivity contribution < 1.29 is 4.79 Å². The molecule has 5 heteroatoms. The van der Waals surface area contributed by atoms with Gasteiger partial charge in [-0.3, -0.25) is 4.79 Å². The fourth-order valence-corrected chi connectivity index (χ4v) is 3.97. The summed E-state index contributed by atoms with van der Waals surface area (Å²) in [4.78, 5) is 16.6. The van der Waals surface area contributed by atoms with Gasteiger partial charge in [-0.15, -0.1) is 11.8 Å². The first-order chi connectivity index (χ1) is 9.66. The van der Waals surface area contributed by atoms with E-state index >= 15 is 0 Å². The molecule has 1 heterocycles. The number of thiocarbonyl (C=S) groups is 1. The number of thioether (sulfide) groups is 1. The normalized spacial score (nSPS) is 20.5. The first kappa shape index (κ1) is 13.9. The lowest BCUT2D eigenvalue weighted by Gasteiger charge is -2.25. The molecule has 0 bridgehead atoms. The minimum atomic E-state index is 0.00291. The lowest BCUT2D eigenvalue weighted by atomic mass is 9.99. The van der Waals surface area contributed by atoms with Crippen molar-refractivity contribution >= 4 is 34.9 Å². The number of hydrogen-bond acceptors (Lipinski definition) is 3. The lowest BCUT2D eigenvalue weighted by Crippen LogP contribution is -2.39. The van der Waals surface area contributed by atoms with Crippen LogP contribution in [0.3, 0.4) is 0 Å². The Hall–Kier alpha value is -1.07. The largest absolute Gasteiger partial charge is 0.393 e. The highest BCUT2D eigenvalue weighted by Gasteiger charge is 2.38. The van der Waals surface area contributed by atoms with Crippen molar-refractivity contribution in [2.75, 3.05) is 12.3 Å². The third kappa shape index (κ3) is 2.83. The summed E-state index contributed by atoms with van der Waals surface area (Å²) in [5.74, 6) is 1.11. The third-order valence-corrected chi connectivity index (χ3v) is 5.25. The molecule has 1 aromatic rings. The summed E-state index contributed by atoms with van der Waals surface area (Å²) in [5, 5.41) is 0. The Labute approximate surface area is 128 Å². The quantitative estimate of drug-likeness (QED) is 0.849. The Bertz CT molecular complexity index is 542. The molecule has 0 aromatic heterocycles. The maximum absolute atomic E-state index is 12.8. The number of hydrogen-bond donors (Lipinski definition) is 1. The maximum atomic E-state index is 12.8. The van der Waals surface area contributed by atoms with E-state index in [0.717, 1.165) is 18.6 Å². The van der Waals surface area contributed by atoms with E-state index in [0.29, 0.717) is 24.0 Å². The number of carbonyl (C=O) groups excluding carboxylic acids is 1. The molecule has 106 valence electrons. The zero-order valence-corrected chi connectivity index (χ0v) is 12.9. The summed E-state index contributed by atoms with van der Waals surface area (Å²) in [6, 6.07) is 8.64. The molecule has 1 aromatic carbocycles. The van der Waals surface area contributed by atoms with Crippen LogP contribution in [0.25, 0.3) is 0 Å². The molecular weight excluding hydrogens is 288 g/mol. The van der Waals surface area contributed by atoms with E-state index in [-0.39, 0.29) is 11.8 Å². The van der Waals surface area contributed by atoms with Gasteiger partial charge in [-0.25, -0.2) is 0 Å². The highest BCUT2D eigenvalue weighted by Crippen LogP contribution is 2.41. The van der Waals surface area contributed by atoms with E-state index in [4.69, 9.17) is 18.0 Å². The van der Waals surface area contributed by atoms with Gasteiger partial charge < -0.3 is 10.6 Å². The van der Waals surface area contributed by atoms with Crippen LogP contribution in [0.5, 0.6) is 0 Å². The van der Waals surface area contributed by atoms with E-state index in [1.165, 1.54) is 10.5 Å². The Morgan fingerprint density at radius 2 is 2.15 bits per heavy atom. The van der Waals surface area contributed by atoms with Gasteiger partial charge in [0.15, 0.2) is 0 Å². The molecule has 1 atom stereocenters. The van der Waals surface area contributed by atoms with Gasteiger partial charge in [0.2, 0.25) is 5.91 Å². The van der Waals surface area contributed by atoms with Gasteiger partial charge in [0, 0.05) is 29.7 Å². The van der Waals surface area contributed by atoms with Crippen LogP contribution in [0, 0.1) is 0 Å². The predicted octanol–water partition coefficient (Wildman–Crippen LogP) is 2.54. The first-order valence-corrected chi connectivity index (χ1v) is 8.36. The zero-order valence-electron chi connectivity index (χ0n) is 11.2. The molecule has 3 nitrogen and oxygen atoms in total. The number of benzene rings is 1. The second-order valence-electron chi connectivity index (χ2n) is 5.38. The van der Waals surface area contributed by atoms with Crippen molar-refractivity contribution in [3.8, 4) is 0 Å².